The van der Waals surface area contributed by atoms with E-state index in [2.05, 4.69) is 4.98 Å². The Morgan fingerprint density at radius 3 is 2.88 bits per heavy atom. The molecule has 24 heavy (non-hydrogen) atoms. The summed E-state index contributed by atoms with van der Waals surface area (Å²) in [6, 6.07) is 13.7. The Kier molecular flexibility index (Phi) is 4.62. The molecule has 0 unspecified atom stereocenters. The summed E-state index contributed by atoms with van der Waals surface area (Å²) >= 11 is 1.47. The number of aromatic nitrogens is 1. The molecule has 2 aromatic carbocycles. The molecule has 6 nitrogen and oxygen atoms in total. The van der Waals surface area contributed by atoms with Crippen LogP contribution >= 0.6 is 11.3 Å². The summed E-state index contributed by atoms with van der Waals surface area (Å²) in [5.74, 6) is -0.527. The fraction of sp³-hybridized carbons (Fsp3) is 0.0588. The summed E-state index contributed by atoms with van der Waals surface area (Å²) in [4.78, 5) is 26.4. The maximum absolute atomic E-state index is 11.8. The zero-order chi connectivity index (χ0) is 16.9. The number of carbonyl (C=O) groups excluding carboxylic acids is 1. The predicted octanol–water partition coefficient (Wildman–Crippen LogP) is 3.96. The van der Waals surface area contributed by atoms with Crippen LogP contribution in [0, 0.1) is 10.1 Å². The molecule has 0 fully saturated rings. The van der Waals surface area contributed by atoms with Gasteiger partial charge in [-0.05, 0) is 23.8 Å². The average molecular weight is 340 g/mol. The fourth-order valence-corrected chi connectivity index (χ4v) is 2.95. The van der Waals surface area contributed by atoms with Gasteiger partial charge in [-0.1, -0.05) is 24.3 Å². The van der Waals surface area contributed by atoms with Crippen LogP contribution in [0.15, 0.2) is 54.6 Å². The first-order valence-corrected chi connectivity index (χ1v) is 7.87. The van der Waals surface area contributed by atoms with E-state index in [4.69, 9.17) is 4.74 Å². The second kappa shape index (κ2) is 7.01. The zero-order valence-electron chi connectivity index (χ0n) is 12.4. The third-order valence-corrected chi connectivity index (χ3v) is 4.18. The normalized spacial score (nSPS) is 11.0. The van der Waals surface area contributed by atoms with Crippen LogP contribution in [0.1, 0.15) is 10.6 Å². The Morgan fingerprint density at radius 1 is 1.25 bits per heavy atom. The standard InChI is InChI=1S/C17H12N2O4S/c20-17(9-8-12-4-3-5-13(10-12)19(21)22)23-11-16-18-14-6-1-2-7-15(14)24-16/h1-10H,11H2. The number of ether oxygens (including phenoxy) is 1. The molecule has 0 saturated heterocycles. The summed E-state index contributed by atoms with van der Waals surface area (Å²) in [5.41, 5.74) is 1.40. The molecule has 120 valence electrons. The SMILES string of the molecule is O=C(C=Cc1cccc([N+](=O)[O-])c1)OCc1nc2ccccc2s1. The highest BCUT2D eigenvalue weighted by Gasteiger charge is 2.06. The van der Waals surface area contributed by atoms with Crippen molar-refractivity contribution in [1.29, 1.82) is 0 Å². The molecule has 7 heteroatoms. The number of non-ortho nitro benzene ring substituents is 1. The molecule has 0 spiro atoms. The highest BCUT2D eigenvalue weighted by atomic mass is 32.1. The lowest BCUT2D eigenvalue weighted by atomic mass is 10.2. The van der Waals surface area contributed by atoms with Crippen molar-refractivity contribution in [3.05, 3.63) is 75.3 Å². The summed E-state index contributed by atoms with van der Waals surface area (Å²) in [6.45, 7) is 0.0947. The topological polar surface area (TPSA) is 82.3 Å². The van der Waals surface area contributed by atoms with Crippen LogP contribution in [0.4, 0.5) is 5.69 Å². The van der Waals surface area contributed by atoms with Gasteiger partial charge in [0, 0.05) is 18.2 Å². The number of hydrogen-bond acceptors (Lipinski definition) is 6. The first-order chi connectivity index (χ1) is 11.6. The van der Waals surface area contributed by atoms with Gasteiger partial charge >= 0.3 is 5.97 Å². The first kappa shape index (κ1) is 15.8. The Bertz CT molecular complexity index is 900. The number of nitrogens with zero attached hydrogens (tertiary/aromatic N) is 2. The summed E-state index contributed by atoms with van der Waals surface area (Å²) < 4.78 is 6.18. The monoisotopic (exact) mass is 340 g/mol. The van der Waals surface area contributed by atoms with Gasteiger partial charge in [-0.25, -0.2) is 9.78 Å². The van der Waals surface area contributed by atoms with Gasteiger partial charge in [-0.2, -0.15) is 0 Å². The van der Waals surface area contributed by atoms with Crippen LogP contribution in [-0.2, 0) is 16.1 Å². The number of benzene rings is 2. The minimum absolute atomic E-state index is 0.0278. The van der Waals surface area contributed by atoms with E-state index in [9.17, 15) is 14.9 Å². The second-order valence-electron chi connectivity index (χ2n) is 4.87. The van der Waals surface area contributed by atoms with Crippen molar-refractivity contribution in [3.63, 3.8) is 0 Å². The van der Waals surface area contributed by atoms with Crippen LogP contribution in [-0.4, -0.2) is 15.9 Å². The average Bonchev–Trinajstić information content (AvgIpc) is 3.01. The maximum Gasteiger partial charge on any atom is 0.331 e. The first-order valence-electron chi connectivity index (χ1n) is 7.05. The van der Waals surface area contributed by atoms with Crippen LogP contribution in [0.5, 0.6) is 0 Å². The van der Waals surface area contributed by atoms with E-state index >= 15 is 0 Å². The number of rotatable bonds is 5. The lowest BCUT2D eigenvalue weighted by Gasteiger charge is -1.98. The van der Waals surface area contributed by atoms with E-state index in [0.717, 1.165) is 10.2 Å². The minimum Gasteiger partial charge on any atom is -0.455 e. The number of thiazole rings is 1. The molecule has 0 aliphatic heterocycles. The minimum atomic E-state index is -0.527. The number of hydrogen-bond donors (Lipinski definition) is 0. The van der Waals surface area contributed by atoms with E-state index in [1.165, 1.54) is 35.6 Å². The second-order valence-corrected chi connectivity index (χ2v) is 5.98. The smallest absolute Gasteiger partial charge is 0.331 e. The van der Waals surface area contributed by atoms with E-state index in [-0.39, 0.29) is 12.3 Å². The van der Waals surface area contributed by atoms with Crippen LogP contribution in [0.2, 0.25) is 0 Å². The maximum atomic E-state index is 11.8. The molecule has 0 saturated carbocycles. The molecular weight excluding hydrogens is 328 g/mol. The van der Waals surface area contributed by atoms with Crippen molar-refractivity contribution < 1.29 is 14.5 Å². The van der Waals surface area contributed by atoms with Gasteiger partial charge < -0.3 is 4.74 Å². The largest absolute Gasteiger partial charge is 0.455 e. The molecular formula is C17H12N2O4S. The van der Waals surface area contributed by atoms with Gasteiger partial charge in [0.1, 0.15) is 11.6 Å². The third-order valence-electron chi connectivity index (χ3n) is 3.17. The number of esters is 1. The highest BCUT2D eigenvalue weighted by Crippen LogP contribution is 2.22. The third kappa shape index (κ3) is 3.82. The molecule has 0 aliphatic carbocycles. The number of carbonyl (C=O) groups is 1. The van der Waals surface area contributed by atoms with E-state index < -0.39 is 10.9 Å². The molecule has 0 amide bonds. The Labute approximate surface area is 141 Å². The van der Waals surface area contributed by atoms with Crippen molar-refractivity contribution in [2.45, 2.75) is 6.61 Å². The molecule has 0 N–H and O–H groups in total. The number of nitro benzene ring substituents is 1. The van der Waals surface area contributed by atoms with Crippen LogP contribution < -0.4 is 0 Å². The summed E-state index contributed by atoms with van der Waals surface area (Å²) in [5, 5.41) is 11.4. The summed E-state index contributed by atoms with van der Waals surface area (Å²) in [7, 11) is 0. The van der Waals surface area contributed by atoms with Crippen LogP contribution in [0.25, 0.3) is 16.3 Å². The summed E-state index contributed by atoms with van der Waals surface area (Å²) in [6.07, 6.45) is 2.72. The molecule has 1 heterocycles. The van der Waals surface area contributed by atoms with E-state index in [1.807, 2.05) is 24.3 Å². The van der Waals surface area contributed by atoms with Gasteiger partial charge in [0.15, 0.2) is 0 Å². The van der Waals surface area contributed by atoms with Gasteiger partial charge in [0.2, 0.25) is 0 Å². The Hall–Kier alpha value is -3.06. The predicted molar refractivity (Wildman–Crippen MR) is 91.5 cm³/mol. The van der Waals surface area contributed by atoms with Crippen LogP contribution in [0.3, 0.4) is 0 Å². The number of fused-ring (bicyclic) bond motifs is 1. The lowest BCUT2D eigenvalue weighted by molar-refractivity contribution is -0.384. The fourth-order valence-electron chi connectivity index (χ4n) is 2.07. The molecule has 1 aromatic heterocycles. The number of para-hydroxylation sites is 1. The molecule has 0 radical (unpaired) electrons. The van der Waals surface area contributed by atoms with Crippen molar-refractivity contribution >= 4 is 39.3 Å². The Balaban J connectivity index is 1.61. The zero-order valence-corrected chi connectivity index (χ0v) is 13.2. The van der Waals surface area contributed by atoms with Gasteiger partial charge in [-0.15, -0.1) is 11.3 Å². The number of nitro groups is 1. The van der Waals surface area contributed by atoms with Gasteiger partial charge in [0.25, 0.3) is 5.69 Å². The lowest BCUT2D eigenvalue weighted by Crippen LogP contribution is -2.00. The van der Waals surface area contributed by atoms with Crippen molar-refractivity contribution in [1.82, 2.24) is 4.98 Å². The highest BCUT2D eigenvalue weighted by molar-refractivity contribution is 7.18. The van der Waals surface area contributed by atoms with Crippen molar-refractivity contribution in [2.24, 2.45) is 0 Å². The molecule has 0 atom stereocenters. The van der Waals surface area contributed by atoms with Crippen molar-refractivity contribution in [3.8, 4) is 0 Å². The molecule has 0 bridgehead atoms. The molecule has 0 aliphatic rings. The van der Waals surface area contributed by atoms with Crippen molar-refractivity contribution in [2.75, 3.05) is 0 Å². The molecule has 3 aromatic rings. The Morgan fingerprint density at radius 2 is 2.08 bits per heavy atom. The van der Waals surface area contributed by atoms with Gasteiger partial charge in [-0.3, -0.25) is 10.1 Å². The molecule has 3 rings (SSSR count). The van der Waals surface area contributed by atoms with E-state index in [0.29, 0.717) is 10.6 Å². The quantitative estimate of drug-likeness (QED) is 0.304. The van der Waals surface area contributed by atoms with Gasteiger partial charge in [0.05, 0.1) is 15.1 Å². The van der Waals surface area contributed by atoms with E-state index in [1.54, 1.807) is 12.1 Å².